The third-order valence-electron chi connectivity index (χ3n) is 3.70. The Bertz CT molecular complexity index is 411. The van der Waals surface area contributed by atoms with Gasteiger partial charge in [-0.05, 0) is 44.4 Å². The minimum atomic E-state index is 0.360. The Labute approximate surface area is 119 Å². The van der Waals surface area contributed by atoms with Crippen LogP contribution >= 0.6 is 15.9 Å². The molecule has 1 aliphatic carbocycles. The van der Waals surface area contributed by atoms with Crippen LogP contribution in [0.2, 0.25) is 0 Å². The van der Waals surface area contributed by atoms with Crippen LogP contribution in [0.4, 0.5) is 0 Å². The molecule has 1 aromatic carbocycles. The van der Waals surface area contributed by atoms with Crippen molar-refractivity contribution in [3.05, 3.63) is 46.0 Å². The minimum absolute atomic E-state index is 0.360. The van der Waals surface area contributed by atoms with E-state index in [1.165, 1.54) is 48.6 Å². The van der Waals surface area contributed by atoms with Crippen LogP contribution < -0.4 is 5.32 Å². The zero-order valence-electron chi connectivity index (χ0n) is 11.1. The highest BCUT2D eigenvalue weighted by Crippen LogP contribution is 2.32. The molecule has 98 valence electrons. The standard InChI is InChI=1S/C16H22BrN/c1-18-16(14-11-7-8-12-15(14)17)13-9-5-3-2-4-6-10-13/h7-9,11-12,16,18H,2-6,10H2,1H3/b13-9+. The molecule has 1 nitrogen and oxygen atoms in total. The average molecular weight is 308 g/mol. The van der Waals surface area contributed by atoms with E-state index >= 15 is 0 Å². The first-order valence-electron chi connectivity index (χ1n) is 6.93. The molecule has 0 bridgehead atoms. The Morgan fingerprint density at radius 3 is 2.67 bits per heavy atom. The van der Waals surface area contributed by atoms with E-state index in [1.807, 2.05) is 0 Å². The zero-order valence-corrected chi connectivity index (χ0v) is 12.7. The maximum absolute atomic E-state index is 3.67. The van der Waals surface area contributed by atoms with Crippen molar-refractivity contribution in [2.45, 2.75) is 44.6 Å². The zero-order chi connectivity index (χ0) is 12.8. The fourth-order valence-corrected chi connectivity index (χ4v) is 3.24. The topological polar surface area (TPSA) is 12.0 Å². The molecule has 0 heterocycles. The van der Waals surface area contributed by atoms with E-state index in [0.29, 0.717) is 6.04 Å². The monoisotopic (exact) mass is 307 g/mol. The highest BCUT2D eigenvalue weighted by molar-refractivity contribution is 9.10. The number of hydrogen-bond acceptors (Lipinski definition) is 1. The fraction of sp³-hybridized carbons (Fsp3) is 0.500. The molecule has 1 aliphatic rings. The lowest BCUT2D eigenvalue weighted by Crippen LogP contribution is -2.19. The molecule has 1 aromatic rings. The maximum Gasteiger partial charge on any atom is 0.0544 e. The first kappa shape index (κ1) is 13.8. The molecule has 1 unspecified atom stereocenters. The molecule has 2 heteroatoms. The van der Waals surface area contributed by atoms with Crippen LogP contribution in [-0.2, 0) is 0 Å². The summed E-state index contributed by atoms with van der Waals surface area (Å²) in [6, 6.07) is 8.90. The second-order valence-corrected chi connectivity index (χ2v) is 5.83. The van der Waals surface area contributed by atoms with E-state index < -0.39 is 0 Å². The fourth-order valence-electron chi connectivity index (χ4n) is 2.73. The van der Waals surface area contributed by atoms with E-state index in [2.05, 4.69) is 58.6 Å². The Kier molecular flexibility index (Phi) is 5.45. The number of nitrogens with one attached hydrogen (secondary N) is 1. The van der Waals surface area contributed by atoms with Crippen LogP contribution in [0.3, 0.4) is 0 Å². The summed E-state index contributed by atoms with van der Waals surface area (Å²) in [6.07, 6.45) is 10.4. The Balaban J connectivity index is 2.24. The molecule has 0 saturated heterocycles. The number of benzene rings is 1. The van der Waals surface area contributed by atoms with Gasteiger partial charge in [-0.25, -0.2) is 0 Å². The molecule has 0 radical (unpaired) electrons. The summed E-state index contributed by atoms with van der Waals surface area (Å²) in [5, 5.41) is 3.48. The lowest BCUT2D eigenvalue weighted by molar-refractivity contribution is 0.573. The third-order valence-corrected chi connectivity index (χ3v) is 4.42. The van der Waals surface area contributed by atoms with Crippen LogP contribution in [-0.4, -0.2) is 7.05 Å². The van der Waals surface area contributed by atoms with E-state index in [4.69, 9.17) is 0 Å². The van der Waals surface area contributed by atoms with Crippen molar-refractivity contribution in [1.29, 1.82) is 0 Å². The van der Waals surface area contributed by atoms with Crippen molar-refractivity contribution < 1.29 is 0 Å². The van der Waals surface area contributed by atoms with Crippen LogP contribution in [0.15, 0.2) is 40.4 Å². The van der Waals surface area contributed by atoms with Gasteiger partial charge in [-0.2, -0.15) is 0 Å². The molecule has 0 amide bonds. The normalized spacial score (nSPS) is 21.6. The molecule has 0 saturated carbocycles. The third kappa shape index (κ3) is 3.46. The molecule has 18 heavy (non-hydrogen) atoms. The molecular weight excluding hydrogens is 286 g/mol. The van der Waals surface area contributed by atoms with E-state index in [9.17, 15) is 0 Å². The number of allylic oxidation sites excluding steroid dienone is 1. The summed E-state index contributed by atoms with van der Waals surface area (Å²) < 4.78 is 1.20. The van der Waals surface area contributed by atoms with Crippen molar-refractivity contribution in [2.75, 3.05) is 7.05 Å². The number of hydrogen-bond donors (Lipinski definition) is 1. The van der Waals surface area contributed by atoms with Gasteiger partial charge in [0, 0.05) is 4.47 Å². The number of halogens is 1. The summed E-state index contributed by atoms with van der Waals surface area (Å²) in [5.74, 6) is 0. The first-order chi connectivity index (χ1) is 8.83. The van der Waals surface area contributed by atoms with Crippen LogP contribution in [0.25, 0.3) is 0 Å². The quantitative estimate of drug-likeness (QED) is 0.776. The van der Waals surface area contributed by atoms with Crippen LogP contribution in [0.1, 0.15) is 50.1 Å². The van der Waals surface area contributed by atoms with E-state index in [0.717, 1.165) is 0 Å². The second-order valence-electron chi connectivity index (χ2n) is 4.98. The summed E-state index contributed by atoms with van der Waals surface area (Å²) in [5.41, 5.74) is 2.91. The predicted octanol–water partition coefficient (Wildman–Crippen LogP) is 4.99. The summed E-state index contributed by atoms with van der Waals surface area (Å²) in [6.45, 7) is 0. The lowest BCUT2D eigenvalue weighted by Gasteiger charge is -2.23. The van der Waals surface area contributed by atoms with Gasteiger partial charge in [-0.3, -0.25) is 0 Å². The Morgan fingerprint density at radius 2 is 1.89 bits per heavy atom. The van der Waals surface area contributed by atoms with Gasteiger partial charge in [0.05, 0.1) is 6.04 Å². The largest absolute Gasteiger partial charge is 0.310 e. The van der Waals surface area contributed by atoms with Gasteiger partial charge in [-0.15, -0.1) is 0 Å². The lowest BCUT2D eigenvalue weighted by atomic mass is 9.91. The average Bonchev–Trinajstić information content (AvgIpc) is 2.34. The maximum atomic E-state index is 3.67. The van der Waals surface area contributed by atoms with Gasteiger partial charge in [-0.1, -0.05) is 58.6 Å². The molecule has 2 rings (SSSR count). The highest BCUT2D eigenvalue weighted by Gasteiger charge is 2.17. The molecular formula is C16H22BrN. The number of likely N-dealkylation sites (N-methyl/N-ethyl adjacent to an activating group) is 1. The summed E-state index contributed by atoms with van der Waals surface area (Å²) in [7, 11) is 2.06. The molecule has 0 aromatic heterocycles. The van der Waals surface area contributed by atoms with Gasteiger partial charge in [0.2, 0.25) is 0 Å². The smallest absolute Gasteiger partial charge is 0.0544 e. The van der Waals surface area contributed by atoms with Gasteiger partial charge in [0.25, 0.3) is 0 Å². The Hall–Kier alpha value is -0.600. The highest BCUT2D eigenvalue weighted by atomic mass is 79.9. The summed E-state index contributed by atoms with van der Waals surface area (Å²) in [4.78, 5) is 0. The minimum Gasteiger partial charge on any atom is -0.310 e. The second kappa shape index (κ2) is 7.10. The van der Waals surface area contributed by atoms with E-state index in [1.54, 1.807) is 5.57 Å². The predicted molar refractivity (Wildman–Crippen MR) is 81.7 cm³/mol. The van der Waals surface area contributed by atoms with Gasteiger partial charge in [0.15, 0.2) is 0 Å². The molecule has 0 spiro atoms. The van der Waals surface area contributed by atoms with Crippen molar-refractivity contribution in [3.63, 3.8) is 0 Å². The van der Waals surface area contributed by atoms with E-state index in [-0.39, 0.29) is 0 Å². The van der Waals surface area contributed by atoms with Crippen LogP contribution in [0, 0.1) is 0 Å². The number of rotatable bonds is 3. The molecule has 1 N–H and O–H groups in total. The van der Waals surface area contributed by atoms with Gasteiger partial charge in [0.1, 0.15) is 0 Å². The van der Waals surface area contributed by atoms with Crippen molar-refractivity contribution in [3.8, 4) is 0 Å². The van der Waals surface area contributed by atoms with Crippen molar-refractivity contribution >= 4 is 15.9 Å². The molecule has 1 atom stereocenters. The summed E-state index contributed by atoms with van der Waals surface area (Å²) >= 11 is 3.67. The first-order valence-corrected chi connectivity index (χ1v) is 7.73. The molecule has 0 fully saturated rings. The van der Waals surface area contributed by atoms with Crippen LogP contribution in [0.5, 0.6) is 0 Å². The molecule has 0 aliphatic heterocycles. The van der Waals surface area contributed by atoms with Gasteiger partial charge < -0.3 is 5.32 Å². The van der Waals surface area contributed by atoms with Crippen molar-refractivity contribution in [2.24, 2.45) is 0 Å². The Morgan fingerprint density at radius 1 is 1.11 bits per heavy atom. The van der Waals surface area contributed by atoms with Crippen molar-refractivity contribution in [1.82, 2.24) is 5.32 Å². The van der Waals surface area contributed by atoms with Gasteiger partial charge >= 0.3 is 0 Å². The SMILES string of the molecule is CNC(/C1=C/CCCCCC1)c1ccccc1Br.